The van der Waals surface area contributed by atoms with Gasteiger partial charge in [-0.15, -0.1) is 11.3 Å². The molecule has 10 heteroatoms. The van der Waals surface area contributed by atoms with Crippen molar-refractivity contribution in [2.45, 2.75) is 73.7 Å². The lowest BCUT2D eigenvalue weighted by Gasteiger charge is -2.29. The molecule has 3 heterocycles. The molecular formula is C32H33N5O3S2. The maximum atomic E-state index is 13.7. The van der Waals surface area contributed by atoms with Crippen molar-refractivity contribution in [3.63, 3.8) is 0 Å². The molecule has 2 fully saturated rings. The van der Waals surface area contributed by atoms with Crippen LogP contribution in [-0.4, -0.2) is 38.1 Å². The van der Waals surface area contributed by atoms with Crippen LogP contribution in [0.1, 0.15) is 74.2 Å². The Morgan fingerprint density at radius 2 is 1.83 bits per heavy atom. The smallest absolute Gasteiger partial charge is 0.252 e. The number of nitrogens with zero attached hydrogens (tertiary/aromatic N) is 3. The molecule has 0 aliphatic heterocycles. The standard InChI is InChI=1S/C32H33N5O3S2/c1-41-31-35-24-11-10-22(18-27(24)42-31)33-30(39)32(14-5-6-15-32)36-29(38)20-9-12-26-25(17-20)34-28(21-13-16-40-19-21)37(26)23-7-3-2-4-8-23/h9-13,16-19,23H,2-8,14-15H2,1H3,(H,33,39)(H,36,38). The molecule has 5 aromatic rings. The number of hydrogen-bond acceptors (Lipinski definition) is 7. The highest BCUT2D eigenvalue weighted by Gasteiger charge is 2.42. The number of carbonyl (C=O) groups is 2. The molecule has 3 aromatic heterocycles. The Hall–Kier alpha value is -3.63. The number of benzene rings is 2. The summed E-state index contributed by atoms with van der Waals surface area (Å²) in [5.41, 5.74) is 3.91. The molecule has 0 bridgehead atoms. The fourth-order valence-corrected chi connectivity index (χ4v) is 8.07. The van der Waals surface area contributed by atoms with E-state index in [1.165, 1.54) is 19.3 Å². The van der Waals surface area contributed by atoms with Gasteiger partial charge < -0.3 is 19.6 Å². The number of carbonyl (C=O) groups excluding carboxylic acids is 2. The molecule has 7 rings (SSSR count). The van der Waals surface area contributed by atoms with Crippen LogP contribution in [0, 0.1) is 0 Å². The molecule has 0 spiro atoms. The van der Waals surface area contributed by atoms with Crippen LogP contribution in [0.5, 0.6) is 0 Å². The Labute approximate surface area is 252 Å². The zero-order valence-electron chi connectivity index (χ0n) is 23.5. The van der Waals surface area contributed by atoms with Crippen molar-refractivity contribution in [3.8, 4) is 11.4 Å². The summed E-state index contributed by atoms with van der Waals surface area (Å²) in [7, 11) is 0. The van der Waals surface area contributed by atoms with Gasteiger partial charge in [-0.05, 0) is 74.4 Å². The summed E-state index contributed by atoms with van der Waals surface area (Å²) in [6.07, 6.45) is 14.3. The van der Waals surface area contributed by atoms with Crippen LogP contribution in [0.2, 0.25) is 0 Å². The van der Waals surface area contributed by atoms with E-state index >= 15 is 0 Å². The predicted octanol–water partition coefficient (Wildman–Crippen LogP) is 7.81. The average Bonchev–Trinajstić information content (AvgIpc) is 3.82. The fourth-order valence-electron chi connectivity index (χ4n) is 6.54. The zero-order chi connectivity index (χ0) is 28.7. The van der Waals surface area contributed by atoms with Crippen LogP contribution in [0.4, 0.5) is 5.69 Å². The van der Waals surface area contributed by atoms with Gasteiger partial charge in [0.1, 0.15) is 17.6 Å². The summed E-state index contributed by atoms with van der Waals surface area (Å²) in [4.78, 5) is 37.0. The van der Waals surface area contributed by atoms with Crippen molar-refractivity contribution >= 4 is 61.9 Å². The lowest BCUT2D eigenvalue weighted by Crippen LogP contribution is -2.55. The molecule has 2 aliphatic carbocycles. The molecule has 0 radical (unpaired) electrons. The predicted molar refractivity (Wildman–Crippen MR) is 168 cm³/mol. The van der Waals surface area contributed by atoms with E-state index in [9.17, 15) is 9.59 Å². The van der Waals surface area contributed by atoms with Crippen molar-refractivity contribution in [1.29, 1.82) is 0 Å². The zero-order valence-corrected chi connectivity index (χ0v) is 25.2. The van der Waals surface area contributed by atoms with Gasteiger partial charge >= 0.3 is 0 Å². The van der Waals surface area contributed by atoms with E-state index in [-0.39, 0.29) is 11.8 Å². The summed E-state index contributed by atoms with van der Waals surface area (Å²) < 4.78 is 9.73. The first kappa shape index (κ1) is 27.2. The molecule has 0 saturated heterocycles. The number of hydrogen-bond donors (Lipinski definition) is 2. The van der Waals surface area contributed by atoms with Gasteiger partial charge in [0, 0.05) is 17.3 Å². The summed E-state index contributed by atoms with van der Waals surface area (Å²) in [6, 6.07) is 13.8. The lowest BCUT2D eigenvalue weighted by molar-refractivity contribution is -0.122. The molecule has 2 aliphatic rings. The van der Waals surface area contributed by atoms with Crippen LogP contribution >= 0.6 is 23.1 Å². The number of aromatic nitrogens is 3. The highest BCUT2D eigenvalue weighted by Crippen LogP contribution is 2.37. The number of furan rings is 1. The number of thiazole rings is 1. The molecule has 2 N–H and O–H groups in total. The van der Waals surface area contributed by atoms with E-state index in [4.69, 9.17) is 9.40 Å². The van der Waals surface area contributed by atoms with Crippen molar-refractivity contribution in [1.82, 2.24) is 19.9 Å². The monoisotopic (exact) mass is 599 g/mol. The highest BCUT2D eigenvalue weighted by atomic mass is 32.2. The number of thioether (sulfide) groups is 1. The molecule has 2 amide bonds. The minimum absolute atomic E-state index is 0.174. The van der Waals surface area contributed by atoms with Gasteiger partial charge in [-0.25, -0.2) is 9.97 Å². The summed E-state index contributed by atoms with van der Waals surface area (Å²) in [5, 5.41) is 6.23. The summed E-state index contributed by atoms with van der Waals surface area (Å²) in [6.45, 7) is 0. The van der Waals surface area contributed by atoms with Crippen LogP contribution in [0.3, 0.4) is 0 Å². The van der Waals surface area contributed by atoms with Crippen LogP contribution < -0.4 is 10.6 Å². The van der Waals surface area contributed by atoms with Crippen molar-refractivity contribution in [3.05, 3.63) is 60.6 Å². The number of fused-ring (bicyclic) bond motifs is 2. The van der Waals surface area contributed by atoms with E-state index in [1.54, 1.807) is 35.6 Å². The molecule has 8 nitrogen and oxygen atoms in total. The Kier molecular flexibility index (Phi) is 7.27. The quantitative estimate of drug-likeness (QED) is 0.185. The van der Waals surface area contributed by atoms with Gasteiger partial charge in [-0.1, -0.05) is 43.9 Å². The third-order valence-electron chi connectivity index (χ3n) is 8.72. The second-order valence-electron chi connectivity index (χ2n) is 11.4. The third kappa shape index (κ3) is 5.00. The van der Waals surface area contributed by atoms with Gasteiger partial charge in [0.15, 0.2) is 4.34 Å². The van der Waals surface area contributed by atoms with Gasteiger partial charge in [0.05, 0.1) is 33.1 Å². The Morgan fingerprint density at radius 1 is 1.00 bits per heavy atom. The van der Waals surface area contributed by atoms with Crippen molar-refractivity contribution in [2.75, 3.05) is 11.6 Å². The maximum Gasteiger partial charge on any atom is 0.252 e. The summed E-state index contributed by atoms with van der Waals surface area (Å²) in [5.74, 6) is 0.443. The Morgan fingerprint density at radius 3 is 2.60 bits per heavy atom. The minimum atomic E-state index is -0.956. The van der Waals surface area contributed by atoms with Gasteiger partial charge in [-0.2, -0.15) is 0 Å². The topological polar surface area (TPSA) is 102 Å². The Bertz CT molecular complexity index is 1760. The van der Waals surface area contributed by atoms with E-state index < -0.39 is 5.54 Å². The van der Waals surface area contributed by atoms with Gasteiger partial charge in [0.2, 0.25) is 5.91 Å². The second-order valence-corrected chi connectivity index (χ2v) is 13.5. The third-order valence-corrected chi connectivity index (χ3v) is 10.7. The van der Waals surface area contributed by atoms with Gasteiger partial charge in [-0.3, -0.25) is 9.59 Å². The van der Waals surface area contributed by atoms with E-state index in [1.807, 2.05) is 48.7 Å². The molecule has 42 heavy (non-hydrogen) atoms. The average molecular weight is 600 g/mol. The number of anilines is 1. The number of amides is 2. The van der Waals surface area contributed by atoms with E-state index in [0.717, 1.165) is 62.7 Å². The molecule has 2 aromatic carbocycles. The van der Waals surface area contributed by atoms with Crippen molar-refractivity contribution in [2.24, 2.45) is 0 Å². The largest absolute Gasteiger partial charge is 0.472 e. The maximum absolute atomic E-state index is 13.7. The molecule has 216 valence electrons. The first-order valence-corrected chi connectivity index (χ1v) is 16.7. The first-order valence-electron chi connectivity index (χ1n) is 14.7. The van der Waals surface area contributed by atoms with Crippen LogP contribution in [0.15, 0.2) is 63.7 Å². The fraction of sp³-hybridized carbons (Fsp3) is 0.375. The Balaban J connectivity index is 1.16. The van der Waals surface area contributed by atoms with Gasteiger partial charge in [0.25, 0.3) is 5.91 Å². The highest BCUT2D eigenvalue weighted by molar-refractivity contribution is 8.00. The molecule has 0 unspecified atom stereocenters. The van der Waals surface area contributed by atoms with Crippen LogP contribution in [0.25, 0.3) is 32.6 Å². The molecule has 2 saturated carbocycles. The van der Waals surface area contributed by atoms with E-state index in [2.05, 4.69) is 20.2 Å². The summed E-state index contributed by atoms with van der Waals surface area (Å²) >= 11 is 3.22. The SMILES string of the molecule is CSc1nc2ccc(NC(=O)C3(NC(=O)c4ccc5c(c4)nc(-c4ccoc4)n5C4CCCCC4)CCCC3)cc2s1. The minimum Gasteiger partial charge on any atom is -0.472 e. The molecule has 0 atom stereocenters. The number of imidazole rings is 1. The van der Waals surface area contributed by atoms with E-state index in [0.29, 0.717) is 30.1 Å². The number of nitrogens with one attached hydrogen (secondary N) is 2. The van der Waals surface area contributed by atoms with Crippen LogP contribution in [-0.2, 0) is 4.79 Å². The normalized spacial score (nSPS) is 17.2. The molecular weight excluding hydrogens is 567 g/mol. The lowest BCUT2D eigenvalue weighted by atomic mass is 9.94. The number of rotatable bonds is 7. The first-order chi connectivity index (χ1) is 20.5. The van der Waals surface area contributed by atoms with Crippen molar-refractivity contribution < 1.29 is 14.0 Å². The second kappa shape index (κ2) is 11.2.